The van der Waals surface area contributed by atoms with Crippen molar-refractivity contribution in [3.05, 3.63) is 34.9 Å². The molecule has 6 nitrogen and oxygen atoms in total. The zero-order valence-corrected chi connectivity index (χ0v) is 15.1. The average Bonchev–Trinajstić information content (AvgIpc) is 2.97. The first-order valence-corrected chi connectivity index (χ1v) is 8.80. The maximum absolute atomic E-state index is 12.2. The SMILES string of the molecule is CC(C)(C)OC(=O)N1CCC(N2Cc3cccc(C(=O)O)c3C2)CC1. The highest BCUT2D eigenvalue weighted by atomic mass is 16.6. The molecule has 1 aromatic rings. The summed E-state index contributed by atoms with van der Waals surface area (Å²) < 4.78 is 5.44. The normalized spacial score (nSPS) is 18.9. The molecule has 0 bridgehead atoms. The minimum Gasteiger partial charge on any atom is -0.478 e. The van der Waals surface area contributed by atoms with Crippen molar-refractivity contribution in [2.45, 2.75) is 58.3 Å². The van der Waals surface area contributed by atoms with Crippen LogP contribution in [-0.4, -0.2) is 51.7 Å². The molecule has 1 aromatic carbocycles. The van der Waals surface area contributed by atoms with Crippen LogP contribution in [0.3, 0.4) is 0 Å². The molecule has 0 radical (unpaired) electrons. The maximum Gasteiger partial charge on any atom is 0.410 e. The monoisotopic (exact) mass is 346 g/mol. The van der Waals surface area contributed by atoms with Gasteiger partial charge >= 0.3 is 12.1 Å². The Morgan fingerprint density at radius 2 is 1.84 bits per heavy atom. The lowest BCUT2D eigenvalue weighted by molar-refractivity contribution is 0.0139. The van der Waals surface area contributed by atoms with E-state index in [1.54, 1.807) is 11.0 Å². The number of aromatic carboxylic acids is 1. The second-order valence-corrected chi connectivity index (χ2v) is 7.85. The fourth-order valence-corrected chi connectivity index (χ4v) is 3.65. The second kappa shape index (κ2) is 6.67. The van der Waals surface area contributed by atoms with Crippen LogP contribution in [0.25, 0.3) is 0 Å². The maximum atomic E-state index is 12.2. The van der Waals surface area contributed by atoms with Crippen molar-refractivity contribution in [1.29, 1.82) is 0 Å². The molecule has 1 amide bonds. The summed E-state index contributed by atoms with van der Waals surface area (Å²) in [6.45, 7) is 8.44. The van der Waals surface area contributed by atoms with Crippen LogP contribution in [0.15, 0.2) is 18.2 Å². The van der Waals surface area contributed by atoms with Crippen LogP contribution in [0.4, 0.5) is 4.79 Å². The Morgan fingerprint density at radius 3 is 2.44 bits per heavy atom. The smallest absolute Gasteiger partial charge is 0.410 e. The molecule has 0 spiro atoms. The van der Waals surface area contributed by atoms with Crippen molar-refractivity contribution in [2.24, 2.45) is 0 Å². The number of piperidine rings is 1. The Bertz CT molecular complexity index is 672. The number of likely N-dealkylation sites (tertiary alicyclic amines) is 1. The molecule has 2 aliphatic rings. The first-order chi connectivity index (χ1) is 11.7. The lowest BCUT2D eigenvalue weighted by Crippen LogP contribution is -2.46. The Kier molecular flexibility index (Phi) is 4.73. The van der Waals surface area contributed by atoms with Crippen LogP contribution in [0.1, 0.15) is 55.1 Å². The average molecular weight is 346 g/mol. The minimum absolute atomic E-state index is 0.246. The van der Waals surface area contributed by atoms with Gasteiger partial charge in [-0.05, 0) is 50.8 Å². The Labute approximate surface area is 148 Å². The molecule has 25 heavy (non-hydrogen) atoms. The van der Waals surface area contributed by atoms with E-state index in [4.69, 9.17) is 4.74 Å². The van der Waals surface area contributed by atoms with Crippen LogP contribution in [0, 0.1) is 0 Å². The number of rotatable bonds is 2. The summed E-state index contributed by atoms with van der Waals surface area (Å²) in [5.74, 6) is -0.863. The van der Waals surface area contributed by atoms with Crippen LogP contribution in [-0.2, 0) is 17.8 Å². The molecule has 136 valence electrons. The summed E-state index contributed by atoms with van der Waals surface area (Å²) in [5.41, 5.74) is 1.97. The van der Waals surface area contributed by atoms with Gasteiger partial charge < -0.3 is 14.7 Å². The molecule has 2 heterocycles. The Morgan fingerprint density at radius 1 is 1.16 bits per heavy atom. The number of carboxylic acids is 1. The molecule has 0 unspecified atom stereocenters. The van der Waals surface area contributed by atoms with Crippen LogP contribution in [0.2, 0.25) is 0 Å². The highest BCUT2D eigenvalue weighted by Crippen LogP contribution is 2.31. The van der Waals surface area contributed by atoms with E-state index in [0.29, 0.717) is 31.2 Å². The van der Waals surface area contributed by atoms with Crippen LogP contribution < -0.4 is 0 Å². The highest BCUT2D eigenvalue weighted by molar-refractivity contribution is 5.90. The zero-order chi connectivity index (χ0) is 18.2. The first-order valence-electron chi connectivity index (χ1n) is 8.80. The molecular formula is C19H26N2O4. The lowest BCUT2D eigenvalue weighted by Gasteiger charge is -2.37. The van der Waals surface area contributed by atoms with Crippen molar-refractivity contribution in [3.8, 4) is 0 Å². The van der Waals surface area contributed by atoms with E-state index in [1.165, 1.54) is 0 Å². The van der Waals surface area contributed by atoms with E-state index in [9.17, 15) is 14.7 Å². The van der Waals surface area contributed by atoms with Gasteiger partial charge in [-0.3, -0.25) is 4.90 Å². The zero-order valence-electron chi connectivity index (χ0n) is 15.1. The molecule has 2 aliphatic heterocycles. The number of carboxylic acid groups (broad SMARTS) is 1. The van der Waals surface area contributed by atoms with Gasteiger partial charge in [0.2, 0.25) is 0 Å². The van der Waals surface area contributed by atoms with Crippen LogP contribution >= 0.6 is 0 Å². The molecule has 0 atom stereocenters. The van der Waals surface area contributed by atoms with Crippen molar-refractivity contribution in [2.75, 3.05) is 13.1 Å². The predicted molar refractivity (Wildman–Crippen MR) is 93.5 cm³/mol. The van der Waals surface area contributed by atoms with E-state index < -0.39 is 11.6 Å². The molecule has 1 fully saturated rings. The lowest BCUT2D eigenvalue weighted by atomic mass is 10.0. The third kappa shape index (κ3) is 3.95. The number of benzene rings is 1. The van der Waals surface area contributed by atoms with Gasteiger partial charge in [-0.25, -0.2) is 9.59 Å². The van der Waals surface area contributed by atoms with E-state index in [-0.39, 0.29) is 6.09 Å². The summed E-state index contributed by atoms with van der Waals surface area (Å²) in [4.78, 5) is 27.7. The van der Waals surface area contributed by atoms with Gasteiger partial charge in [0.1, 0.15) is 5.60 Å². The van der Waals surface area contributed by atoms with Gasteiger partial charge in [0, 0.05) is 32.2 Å². The van der Waals surface area contributed by atoms with E-state index in [1.807, 2.05) is 32.9 Å². The van der Waals surface area contributed by atoms with Gasteiger partial charge in [-0.15, -0.1) is 0 Å². The van der Waals surface area contributed by atoms with Gasteiger partial charge in [-0.1, -0.05) is 12.1 Å². The fourth-order valence-electron chi connectivity index (χ4n) is 3.65. The summed E-state index contributed by atoms with van der Waals surface area (Å²) in [7, 11) is 0. The number of nitrogens with zero attached hydrogens (tertiary/aromatic N) is 2. The van der Waals surface area contributed by atoms with Crippen molar-refractivity contribution < 1.29 is 19.4 Å². The summed E-state index contributed by atoms with van der Waals surface area (Å²) in [5, 5.41) is 9.36. The molecule has 3 rings (SSSR count). The molecule has 1 N–H and O–H groups in total. The topological polar surface area (TPSA) is 70.1 Å². The van der Waals surface area contributed by atoms with Gasteiger partial charge in [0.15, 0.2) is 0 Å². The molecule has 0 aromatic heterocycles. The number of ether oxygens (including phenoxy) is 1. The number of carbonyl (C=O) groups is 2. The van der Waals surface area contributed by atoms with Crippen LogP contribution in [0.5, 0.6) is 0 Å². The molecule has 6 heteroatoms. The number of hydrogen-bond donors (Lipinski definition) is 1. The van der Waals surface area contributed by atoms with E-state index >= 15 is 0 Å². The van der Waals surface area contributed by atoms with Crippen molar-refractivity contribution in [3.63, 3.8) is 0 Å². The second-order valence-electron chi connectivity index (χ2n) is 7.85. The third-order valence-electron chi connectivity index (χ3n) is 4.87. The first kappa shape index (κ1) is 17.7. The molecule has 0 aliphatic carbocycles. The Hall–Kier alpha value is -2.08. The standard InChI is InChI=1S/C19H26N2O4/c1-19(2,3)25-18(24)20-9-7-14(8-10-20)21-11-13-5-4-6-15(17(22)23)16(13)12-21/h4-6,14H,7-12H2,1-3H3,(H,22,23). The number of amides is 1. The highest BCUT2D eigenvalue weighted by Gasteiger charge is 2.33. The van der Waals surface area contributed by atoms with Gasteiger partial charge in [0.25, 0.3) is 0 Å². The largest absolute Gasteiger partial charge is 0.478 e. The minimum atomic E-state index is -0.863. The number of fused-ring (bicyclic) bond motifs is 1. The van der Waals surface area contributed by atoms with Gasteiger partial charge in [-0.2, -0.15) is 0 Å². The molecule has 0 saturated carbocycles. The van der Waals surface area contributed by atoms with Gasteiger partial charge in [0.05, 0.1) is 5.56 Å². The summed E-state index contributed by atoms with van der Waals surface area (Å²) in [6, 6.07) is 5.87. The fraction of sp³-hybridized carbons (Fsp3) is 0.579. The third-order valence-corrected chi connectivity index (χ3v) is 4.87. The molecule has 1 saturated heterocycles. The quantitative estimate of drug-likeness (QED) is 0.891. The predicted octanol–water partition coefficient (Wildman–Crippen LogP) is 3.10. The van der Waals surface area contributed by atoms with E-state index in [0.717, 1.165) is 30.5 Å². The number of hydrogen-bond acceptors (Lipinski definition) is 4. The van der Waals surface area contributed by atoms with Crippen molar-refractivity contribution >= 4 is 12.1 Å². The Balaban J connectivity index is 1.59. The summed E-state index contributed by atoms with van der Waals surface area (Å²) >= 11 is 0. The van der Waals surface area contributed by atoms with Crippen molar-refractivity contribution in [1.82, 2.24) is 9.80 Å². The van der Waals surface area contributed by atoms with E-state index in [2.05, 4.69) is 4.90 Å². The summed E-state index contributed by atoms with van der Waals surface area (Å²) in [6.07, 6.45) is 1.52. The number of carbonyl (C=O) groups excluding carboxylic acids is 1. The molecular weight excluding hydrogens is 320 g/mol.